The fourth-order valence-electron chi connectivity index (χ4n) is 0.210. The highest BCUT2D eigenvalue weighted by Gasteiger charge is 1.97. The molecule has 0 rings (SSSR count). The zero-order valence-electron chi connectivity index (χ0n) is 4.26. The van der Waals surface area contributed by atoms with E-state index in [1.165, 1.54) is 0 Å². The van der Waals surface area contributed by atoms with Gasteiger partial charge in [-0.1, -0.05) is 0 Å². The number of carbonyl (C=O) groups is 1. The number of carboxylic acid groups (broad SMARTS) is 1. The summed E-state index contributed by atoms with van der Waals surface area (Å²) in [6.07, 6.45) is 4.78. The molecule has 0 unspecified atom stereocenters. The van der Waals surface area contributed by atoms with Crippen molar-refractivity contribution in [2.75, 3.05) is 0 Å². The number of hydrogen-bond acceptors (Lipinski definition) is 3. The first-order chi connectivity index (χ1) is 3.68. The minimum Gasteiger partial charge on any atom is -0.548 e. The highest BCUT2D eigenvalue weighted by molar-refractivity contribution is 5.71. The SMILES string of the molecule is C#CC[C@H](N)C(=O)[O-]. The Balaban J connectivity index is 3.52. The van der Waals surface area contributed by atoms with Gasteiger partial charge in [0.05, 0.1) is 12.0 Å². The summed E-state index contributed by atoms with van der Waals surface area (Å²) in [6, 6.07) is -1.01. The number of aliphatic carboxylic acids is 1. The lowest BCUT2D eigenvalue weighted by atomic mass is 10.2. The van der Waals surface area contributed by atoms with Crippen LogP contribution in [0.4, 0.5) is 0 Å². The smallest absolute Gasteiger partial charge is 0.0591 e. The molecule has 0 saturated heterocycles. The number of rotatable bonds is 2. The molecule has 3 heteroatoms. The van der Waals surface area contributed by atoms with Gasteiger partial charge in [-0.3, -0.25) is 0 Å². The Kier molecular flexibility index (Phi) is 2.67. The van der Waals surface area contributed by atoms with Crippen molar-refractivity contribution in [1.29, 1.82) is 0 Å². The van der Waals surface area contributed by atoms with Gasteiger partial charge in [-0.2, -0.15) is 0 Å². The van der Waals surface area contributed by atoms with Crippen molar-refractivity contribution in [3.63, 3.8) is 0 Å². The average molecular weight is 112 g/mol. The number of carboxylic acids is 1. The Morgan fingerprint density at radius 3 is 2.62 bits per heavy atom. The van der Waals surface area contributed by atoms with Crippen LogP contribution in [0.25, 0.3) is 0 Å². The zero-order valence-corrected chi connectivity index (χ0v) is 4.26. The third-order valence-corrected chi connectivity index (χ3v) is 0.641. The summed E-state index contributed by atoms with van der Waals surface area (Å²) in [6.45, 7) is 0. The second-order valence-electron chi connectivity index (χ2n) is 1.33. The molecule has 3 nitrogen and oxygen atoms in total. The summed E-state index contributed by atoms with van der Waals surface area (Å²) in [5, 5.41) is 9.76. The van der Waals surface area contributed by atoms with Crippen LogP contribution in [0.3, 0.4) is 0 Å². The topological polar surface area (TPSA) is 66.2 Å². The molecule has 0 aromatic carbocycles. The molecule has 0 bridgehead atoms. The van der Waals surface area contributed by atoms with Crippen LogP contribution in [0.5, 0.6) is 0 Å². The Hall–Kier alpha value is -1.01. The van der Waals surface area contributed by atoms with Gasteiger partial charge in [0.15, 0.2) is 0 Å². The maximum Gasteiger partial charge on any atom is 0.0591 e. The van der Waals surface area contributed by atoms with Crippen molar-refractivity contribution in [2.45, 2.75) is 12.5 Å². The van der Waals surface area contributed by atoms with Gasteiger partial charge in [-0.25, -0.2) is 0 Å². The molecule has 0 amide bonds. The fraction of sp³-hybridized carbons (Fsp3) is 0.400. The number of hydrogen-bond donors (Lipinski definition) is 1. The molecule has 0 saturated carbocycles. The normalized spacial score (nSPS) is 12.0. The predicted molar refractivity (Wildman–Crippen MR) is 26.4 cm³/mol. The summed E-state index contributed by atoms with van der Waals surface area (Å²) in [5.41, 5.74) is 4.92. The van der Waals surface area contributed by atoms with Crippen molar-refractivity contribution < 1.29 is 9.90 Å². The molecule has 2 N–H and O–H groups in total. The molecule has 1 atom stereocenters. The van der Waals surface area contributed by atoms with Crippen LogP contribution in [0, 0.1) is 12.3 Å². The van der Waals surface area contributed by atoms with Crippen LogP contribution < -0.4 is 10.8 Å². The number of nitrogens with two attached hydrogens (primary N) is 1. The molecule has 0 radical (unpaired) electrons. The fourth-order valence-corrected chi connectivity index (χ4v) is 0.210. The highest BCUT2D eigenvalue weighted by atomic mass is 16.4. The lowest BCUT2D eigenvalue weighted by Crippen LogP contribution is -2.41. The van der Waals surface area contributed by atoms with Crippen LogP contribution in [0.15, 0.2) is 0 Å². The van der Waals surface area contributed by atoms with Gasteiger partial charge in [0.1, 0.15) is 0 Å². The zero-order chi connectivity index (χ0) is 6.57. The third kappa shape index (κ3) is 2.21. The standard InChI is InChI=1S/C5H7NO2/c1-2-3-4(6)5(7)8/h1,4H,3,6H2,(H,7,8)/p-1/t4-/m0/s1. The maximum atomic E-state index is 9.76. The summed E-state index contributed by atoms with van der Waals surface area (Å²) >= 11 is 0. The van der Waals surface area contributed by atoms with Crippen molar-refractivity contribution in [1.82, 2.24) is 0 Å². The Morgan fingerprint density at radius 1 is 2.00 bits per heavy atom. The molecule has 44 valence electrons. The molecule has 0 aliphatic heterocycles. The minimum atomic E-state index is -1.30. The van der Waals surface area contributed by atoms with E-state index in [1.54, 1.807) is 0 Å². The van der Waals surface area contributed by atoms with Crippen LogP contribution in [0.2, 0.25) is 0 Å². The van der Waals surface area contributed by atoms with E-state index in [2.05, 4.69) is 5.92 Å². The van der Waals surface area contributed by atoms with E-state index >= 15 is 0 Å². The average Bonchev–Trinajstić information content (AvgIpc) is 1.67. The molecule has 0 aromatic rings. The Bertz CT molecular complexity index is 125. The van der Waals surface area contributed by atoms with Gasteiger partial charge in [0.2, 0.25) is 0 Å². The van der Waals surface area contributed by atoms with Crippen LogP contribution in [-0.2, 0) is 4.79 Å². The van der Waals surface area contributed by atoms with Crippen molar-refractivity contribution in [3.8, 4) is 12.3 Å². The third-order valence-electron chi connectivity index (χ3n) is 0.641. The maximum absolute atomic E-state index is 9.76. The number of carbonyl (C=O) groups excluding carboxylic acids is 1. The van der Waals surface area contributed by atoms with Crippen LogP contribution in [-0.4, -0.2) is 12.0 Å². The molecular weight excluding hydrogens is 106 g/mol. The first-order valence-corrected chi connectivity index (χ1v) is 2.08. The lowest BCUT2D eigenvalue weighted by molar-refractivity contribution is -0.307. The molecule has 0 aliphatic carbocycles. The summed E-state index contributed by atoms with van der Waals surface area (Å²) in [7, 11) is 0. The first kappa shape index (κ1) is 6.99. The molecule has 0 aromatic heterocycles. The van der Waals surface area contributed by atoms with E-state index in [1.807, 2.05) is 0 Å². The molecule has 0 spiro atoms. The van der Waals surface area contributed by atoms with E-state index < -0.39 is 12.0 Å². The van der Waals surface area contributed by atoms with Crippen LogP contribution in [0.1, 0.15) is 6.42 Å². The van der Waals surface area contributed by atoms with Gasteiger partial charge >= 0.3 is 0 Å². The second-order valence-corrected chi connectivity index (χ2v) is 1.33. The van der Waals surface area contributed by atoms with Crippen molar-refractivity contribution in [2.24, 2.45) is 5.73 Å². The van der Waals surface area contributed by atoms with Gasteiger partial charge < -0.3 is 15.6 Å². The Labute approximate surface area is 47.5 Å². The van der Waals surface area contributed by atoms with Crippen molar-refractivity contribution >= 4 is 5.97 Å². The monoisotopic (exact) mass is 112 g/mol. The number of terminal acetylenes is 1. The highest BCUT2D eigenvalue weighted by Crippen LogP contribution is 1.80. The molecule has 8 heavy (non-hydrogen) atoms. The quantitative estimate of drug-likeness (QED) is 0.424. The second kappa shape index (κ2) is 3.05. The van der Waals surface area contributed by atoms with Crippen molar-refractivity contribution in [3.05, 3.63) is 0 Å². The predicted octanol–water partition coefficient (Wildman–Crippen LogP) is -1.91. The van der Waals surface area contributed by atoms with Gasteiger partial charge in [0.25, 0.3) is 0 Å². The van der Waals surface area contributed by atoms with Gasteiger partial charge in [0, 0.05) is 6.42 Å². The molecular formula is C5H6NO2-. The van der Waals surface area contributed by atoms with E-state index in [0.29, 0.717) is 0 Å². The van der Waals surface area contributed by atoms with E-state index in [9.17, 15) is 9.90 Å². The van der Waals surface area contributed by atoms with E-state index in [0.717, 1.165) is 0 Å². The lowest BCUT2D eigenvalue weighted by Gasteiger charge is -2.06. The largest absolute Gasteiger partial charge is 0.548 e. The molecule has 0 heterocycles. The van der Waals surface area contributed by atoms with Gasteiger partial charge in [-0.15, -0.1) is 12.3 Å². The first-order valence-electron chi connectivity index (χ1n) is 2.08. The molecule has 0 aliphatic rings. The minimum absolute atomic E-state index is 0.0301. The molecule has 0 fully saturated rings. The van der Waals surface area contributed by atoms with E-state index in [-0.39, 0.29) is 6.42 Å². The summed E-state index contributed by atoms with van der Waals surface area (Å²) < 4.78 is 0. The summed E-state index contributed by atoms with van der Waals surface area (Å²) in [4.78, 5) is 9.76. The summed E-state index contributed by atoms with van der Waals surface area (Å²) in [5.74, 6) is 0.800. The van der Waals surface area contributed by atoms with Gasteiger partial charge in [-0.05, 0) is 0 Å². The van der Waals surface area contributed by atoms with E-state index in [4.69, 9.17) is 12.2 Å². The van der Waals surface area contributed by atoms with Crippen LogP contribution >= 0.6 is 0 Å². The Morgan fingerprint density at radius 2 is 2.50 bits per heavy atom.